The van der Waals surface area contributed by atoms with Crippen molar-refractivity contribution < 1.29 is 9.53 Å². The number of methoxy groups -OCH3 is 1. The van der Waals surface area contributed by atoms with E-state index in [1.54, 1.807) is 31.5 Å². The minimum Gasteiger partial charge on any atom is -0.383 e. The molecule has 0 unspecified atom stereocenters. The number of aromatic nitrogens is 1. The molecular weight excluding hydrogens is 311 g/mol. The van der Waals surface area contributed by atoms with E-state index in [-0.39, 0.29) is 5.91 Å². The molecule has 1 N–H and O–H groups in total. The first-order chi connectivity index (χ1) is 10.1. The Morgan fingerprint density at radius 1 is 1.19 bits per heavy atom. The van der Waals surface area contributed by atoms with E-state index in [0.717, 1.165) is 11.1 Å². The molecule has 0 aliphatic rings. The molecule has 0 fully saturated rings. The fourth-order valence-corrected chi connectivity index (χ4v) is 2.06. The van der Waals surface area contributed by atoms with Crippen molar-refractivity contribution in [2.45, 2.75) is 0 Å². The third-order valence-electron chi connectivity index (χ3n) is 2.85. The van der Waals surface area contributed by atoms with Crippen LogP contribution in [-0.2, 0) is 4.74 Å². The van der Waals surface area contributed by atoms with Gasteiger partial charge in [-0.05, 0) is 23.8 Å². The topological polar surface area (TPSA) is 51.2 Å². The van der Waals surface area contributed by atoms with Gasteiger partial charge in [-0.25, -0.2) is 0 Å². The van der Waals surface area contributed by atoms with Crippen molar-refractivity contribution in [3.05, 3.63) is 52.3 Å². The Kier molecular flexibility index (Phi) is 5.56. The summed E-state index contributed by atoms with van der Waals surface area (Å²) in [6.07, 6.45) is 3.19. The number of hydrogen-bond donors (Lipinski definition) is 1. The maximum Gasteiger partial charge on any atom is 0.252 e. The number of rotatable bonds is 5. The minimum absolute atomic E-state index is 0.193. The lowest BCUT2D eigenvalue weighted by Crippen LogP contribution is -2.27. The maximum atomic E-state index is 12.0. The number of nitrogens with zero attached hydrogens (tertiary/aromatic N) is 1. The van der Waals surface area contributed by atoms with E-state index in [1.807, 2.05) is 6.07 Å². The molecule has 1 aromatic heterocycles. The number of pyridine rings is 1. The molecule has 0 atom stereocenters. The van der Waals surface area contributed by atoms with Gasteiger partial charge >= 0.3 is 0 Å². The predicted octanol–water partition coefficient (Wildman–Crippen LogP) is 3.43. The van der Waals surface area contributed by atoms with E-state index in [2.05, 4.69) is 10.3 Å². The van der Waals surface area contributed by atoms with Crippen molar-refractivity contribution in [1.82, 2.24) is 10.3 Å². The molecule has 0 radical (unpaired) electrons. The van der Waals surface area contributed by atoms with Crippen molar-refractivity contribution in [1.29, 1.82) is 0 Å². The molecule has 0 spiro atoms. The van der Waals surface area contributed by atoms with Crippen molar-refractivity contribution in [3.8, 4) is 11.1 Å². The fraction of sp³-hybridized carbons (Fsp3) is 0.200. The lowest BCUT2D eigenvalue weighted by molar-refractivity contribution is 0.0937. The first-order valence-corrected chi connectivity index (χ1v) is 7.05. The molecule has 4 nitrogen and oxygen atoms in total. The number of benzene rings is 1. The second-order valence-electron chi connectivity index (χ2n) is 4.34. The number of halogens is 2. The highest BCUT2D eigenvalue weighted by molar-refractivity contribution is 6.42. The Morgan fingerprint density at radius 3 is 2.71 bits per heavy atom. The second-order valence-corrected chi connectivity index (χ2v) is 5.15. The van der Waals surface area contributed by atoms with Gasteiger partial charge in [-0.15, -0.1) is 0 Å². The Labute approximate surface area is 133 Å². The van der Waals surface area contributed by atoms with Crippen LogP contribution >= 0.6 is 23.2 Å². The zero-order chi connectivity index (χ0) is 15.2. The average molecular weight is 325 g/mol. The van der Waals surface area contributed by atoms with Gasteiger partial charge in [0, 0.05) is 31.6 Å². The molecule has 1 amide bonds. The van der Waals surface area contributed by atoms with Crippen molar-refractivity contribution in [3.63, 3.8) is 0 Å². The first-order valence-electron chi connectivity index (χ1n) is 6.29. The quantitative estimate of drug-likeness (QED) is 0.857. The maximum absolute atomic E-state index is 12.0. The molecule has 21 heavy (non-hydrogen) atoms. The zero-order valence-corrected chi connectivity index (χ0v) is 12.9. The molecule has 0 saturated carbocycles. The van der Waals surface area contributed by atoms with Crippen LogP contribution in [0.4, 0.5) is 0 Å². The number of nitrogens with one attached hydrogen (secondary N) is 1. The molecule has 0 bridgehead atoms. The van der Waals surface area contributed by atoms with Crippen molar-refractivity contribution in [2.24, 2.45) is 0 Å². The summed E-state index contributed by atoms with van der Waals surface area (Å²) in [6, 6.07) is 7.05. The molecule has 6 heteroatoms. The van der Waals surface area contributed by atoms with Crippen LogP contribution in [0.2, 0.25) is 10.0 Å². The smallest absolute Gasteiger partial charge is 0.252 e. The van der Waals surface area contributed by atoms with Gasteiger partial charge in [0.05, 0.1) is 22.2 Å². The summed E-state index contributed by atoms with van der Waals surface area (Å²) in [5, 5.41) is 3.70. The molecule has 2 rings (SSSR count). The lowest BCUT2D eigenvalue weighted by atomic mass is 10.1. The highest BCUT2D eigenvalue weighted by atomic mass is 35.5. The Bertz CT molecular complexity index is 647. The number of amides is 1. The highest BCUT2D eigenvalue weighted by Gasteiger charge is 2.08. The second kappa shape index (κ2) is 7.41. The zero-order valence-electron chi connectivity index (χ0n) is 11.4. The van der Waals surface area contributed by atoms with E-state index >= 15 is 0 Å². The molecule has 110 valence electrons. The van der Waals surface area contributed by atoms with Crippen LogP contribution in [0.15, 0.2) is 36.7 Å². The van der Waals surface area contributed by atoms with Gasteiger partial charge in [-0.3, -0.25) is 9.78 Å². The summed E-state index contributed by atoms with van der Waals surface area (Å²) in [4.78, 5) is 16.1. The van der Waals surface area contributed by atoms with E-state index in [4.69, 9.17) is 27.9 Å². The molecule has 0 aliphatic carbocycles. The van der Waals surface area contributed by atoms with E-state index in [0.29, 0.717) is 28.8 Å². The fourth-order valence-electron chi connectivity index (χ4n) is 1.77. The predicted molar refractivity (Wildman–Crippen MR) is 83.9 cm³/mol. The monoisotopic (exact) mass is 324 g/mol. The minimum atomic E-state index is -0.193. The number of carbonyl (C=O) groups excluding carboxylic acids is 1. The first kappa shape index (κ1) is 15.8. The van der Waals surface area contributed by atoms with E-state index in [1.165, 1.54) is 6.20 Å². The van der Waals surface area contributed by atoms with Crippen LogP contribution in [0.3, 0.4) is 0 Å². The van der Waals surface area contributed by atoms with Crippen LogP contribution in [0.5, 0.6) is 0 Å². The van der Waals surface area contributed by atoms with Crippen molar-refractivity contribution >= 4 is 29.1 Å². The highest BCUT2D eigenvalue weighted by Crippen LogP contribution is 2.28. The van der Waals surface area contributed by atoms with E-state index in [9.17, 15) is 4.79 Å². The van der Waals surface area contributed by atoms with Gasteiger partial charge in [-0.1, -0.05) is 29.3 Å². The number of hydrogen-bond acceptors (Lipinski definition) is 3. The number of ether oxygens (including phenoxy) is 1. The molecule has 0 saturated heterocycles. The standard InChI is InChI=1S/C15H14Cl2N2O2/c1-21-5-4-19-15(20)12-6-11(8-18-9-12)10-2-3-13(16)14(17)7-10/h2-3,6-9H,4-5H2,1H3,(H,19,20). The SMILES string of the molecule is COCCNC(=O)c1cncc(-c2ccc(Cl)c(Cl)c2)c1. The van der Waals surface area contributed by atoms with Gasteiger partial charge in [0.2, 0.25) is 0 Å². The molecule has 1 heterocycles. The summed E-state index contributed by atoms with van der Waals surface area (Å²) in [6.45, 7) is 0.915. The van der Waals surface area contributed by atoms with Crippen LogP contribution < -0.4 is 5.32 Å². The molecule has 0 aliphatic heterocycles. The summed E-state index contributed by atoms with van der Waals surface area (Å²) in [7, 11) is 1.58. The van der Waals surface area contributed by atoms with Crippen LogP contribution in [-0.4, -0.2) is 31.2 Å². The summed E-state index contributed by atoms with van der Waals surface area (Å²) >= 11 is 11.9. The third kappa shape index (κ3) is 4.17. The lowest BCUT2D eigenvalue weighted by Gasteiger charge is -2.07. The third-order valence-corrected chi connectivity index (χ3v) is 3.58. The summed E-state index contributed by atoms with van der Waals surface area (Å²) in [5.74, 6) is -0.193. The Morgan fingerprint density at radius 2 is 2.00 bits per heavy atom. The van der Waals surface area contributed by atoms with E-state index < -0.39 is 0 Å². The summed E-state index contributed by atoms with van der Waals surface area (Å²) < 4.78 is 4.89. The van der Waals surface area contributed by atoms with Crippen molar-refractivity contribution in [2.75, 3.05) is 20.3 Å². The molecule has 2 aromatic rings. The summed E-state index contributed by atoms with van der Waals surface area (Å²) in [5.41, 5.74) is 2.13. The van der Waals surface area contributed by atoms with Gasteiger partial charge < -0.3 is 10.1 Å². The van der Waals surface area contributed by atoms with Gasteiger partial charge in [0.25, 0.3) is 5.91 Å². The van der Waals surface area contributed by atoms with Gasteiger partial charge in [0.15, 0.2) is 0 Å². The molecular formula is C15H14Cl2N2O2. The van der Waals surface area contributed by atoms with Gasteiger partial charge in [0.1, 0.15) is 0 Å². The average Bonchev–Trinajstić information content (AvgIpc) is 2.50. The Hall–Kier alpha value is -1.62. The van der Waals surface area contributed by atoms with Gasteiger partial charge in [-0.2, -0.15) is 0 Å². The Balaban J connectivity index is 2.20. The normalized spacial score (nSPS) is 10.4. The van der Waals surface area contributed by atoms with Crippen LogP contribution in [0.1, 0.15) is 10.4 Å². The largest absolute Gasteiger partial charge is 0.383 e. The van der Waals surface area contributed by atoms with Crippen LogP contribution in [0.25, 0.3) is 11.1 Å². The molecule has 1 aromatic carbocycles. The van der Waals surface area contributed by atoms with Crippen LogP contribution in [0, 0.1) is 0 Å². The number of carbonyl (C=O) groups is 1.